The quantitative estimate of drug-likeness (QED) is 0.574. The summed E-state index contributed by atoms with van der Waals surface area (Å²) >= 11 is 5.84. The van der Waals surface area contributed by atoms with Crippen molar-refractivity contribution >= 4 is 23.6 Å². The van der Waals surface area contributed by atoms with Gasteiger partial charge < -0.3 is 4.74 Å². The lowest BCUT2D eigenvalue weighted by molar-refractivity contribution is -0.123. The highest BCUT2D eigenvalue weighted by atomic mass is 35.5. The fourth-order valence-corrected chi connectivity index (χ4v) is 2.13. The summed E-state index contributed by atoms with van der Waals surface area (Å²) < 4.78 is 18.0. The van der Waals surface area contributed by atoms with Gasteiger partial charge in [0.1, 0.15) is 5.82 Å². The number of allylic oxidation sites excluding steroid dienone is 1. The second-order valence-electron chi connectivity index (χ2n) is 4.51. The number of carbonyl (C=O) groups is 1. The van der Waals surface area contributed by atoms with Crippen LogP contribution in [-0.2, 0) is 16.0 Å². The largest absolute Gasteiger partial charge is 0.436 e. The summed E-state index contributed by atoms with van der Waals surface area (Å²) in [5, 5.41) is 0.684. The molecule has 2 aromatic carbocycles. The Hall–Kier alpha value is -2.13. The van der Waals surface area contributed by atoms with Crippen LogP contribution in [0.5, 0.6) is 0 Å². The number of rotatable bonds is 6. The van der Waals surface area contributed by atoms with Gasteiger partial charge in [0, 0.05) is 5.02 Å². The zero-order chi connectivity index (χ0) is 15.1. The van der Waals surface area contributed by atoms with Gasteiger partial charge in [-0.05, 0) is 53.8 Å². The molecule has 0 heterocycles. The first kappa shape index (κ1) is 15.3. The summed E-state index contributed by atoms with van der Waals surface area (Å²) in [6, 6.07) is 13.7. The van der Waals surface area contributed by atoms with Gasteiger partial charge in [0.2, 0.25) is 0 Å². The Bertz CT molecular complexity index is 635. The molecular weight excluding hydrogens is 291 g/mol. The van der Waals surface area contributed by atoms with Crippen LogP contribution in [0.25, 0.3) is 5.57 Å². The lowest BCUT2D eigenvalue weighted by Gasteiger charge is -2.08. The topological polar surface area (TPSA) is 26.3 Å². The minimum absolute atomic E-state index is 0.323. The van der Waals surface area contributed by atoms with Crippen molar-refractivity contribution in [2.24, 2.45) is 0 Å². The van der Waals surface area contributed by atoms with Crippen molar-refractivity contribution in [3.8, 4) is 0 Å². The second kappa shape index (κ2) is 7.60. The molecule has 0 aromatic heterocycles. The average molecular weight is 305 g/mol. The smallest absolute Gasteiger partial charge is 0.297 e. The Morgan fingerprint density at radius 2 is 1.95 bits per heavy atom. The monoisotopic (exact) mass is 304 g/mol. The SMILES string of the molecule is O=COC=C(CCc1ccc(Cl)cc1)c1cccc(F)c1. The van der Waals surface area contributed by atoms with Gasteiger partial charge in [0.15, 0.2) is 0 Å². The Morgan fingerprint density at radius 3 is 2.62 bits per heavy atom. The van der Waals surface area contributed by atoms with E-state index in [9.17, 15) is 9.18 Å². The number of halogens is 2. The predicted molar refractivity (Wildman–Crippen MR) is 81.3 cm³/mol. The third kappa shape index (κ3) is 4.72. The molecule has 0 fully saturated rings. The van der Waals surface area contributed by atoms with Crippen molar-refractivity contribution in [2.45, 2.75) is 12.8 Å². The van der Waals surface area contributed by atoms with E-state index >= 15 is 0 Å². The molecule has 0 bridgehead atoms. The van der Waals surface area contributed by atoms with Crippen molar-refractivity contribution in [2.75, 3.05) is 0 Å². The zero-order valence-corrected chi connectivity index (χ0v) is 12.0. The lowest BCUT2D eigenvalue weighted by Crippen LogP contribution is -1.92. The molecule has 2 rings (SSSR count). The molecule has 4 heteroatoms. The molecule has 0 saturated heterocycles. The average Bonchev–Trinajstić information content (AvgIpc) is 2.49. The number of hydrogen-bond donors (Lipinski definition) is 0. The van der Waals surface area contributed by atoms with E-state index in [0.29, 0.717) is 23.5 Å². The number of benzene rings is 2. The number of carbonyl (C=O) groups excluding carboxylic acids is 1. The summed E-state index contributed by atoms with van der Waals surface area (Å²) in [7, 11) is 0. The number of aryl methyl sites for hydroxylation is 1. The first-order valence-corrected chi connectivity index (χ1v) is 6.85. The van der Waals surface area contributed by atoms with E-state index in [4.69, 9.17) is 16.3 Å². The summed E-state index contributed by atoms with van der Waals surface area (Å²) in [6.45, 7) is 0.349. The van der Waals surface area contributed by atoms with Gasteiger partial charge in [-0.25, -0.2) is 4.39 Å². The van der Waals surface area contributed by atoms with E-state index in [1.807, 2.05) is 24.3 Å². The molecule has 0 aliphatic carbocycles. The molecule has 0 spiro atoms. The Morgan fingerprint density at radius 1 is 1.19 bits per heavy atom. The van der Waals surface area contributed by atoms with Gasteiger partial charge in [0.05, 0.1) is 6.26 Å². The fourth-order valence-electron chi connectivity index (χ4n) is 2.00. The van der Waals surface area contributed by atoms with Crippen molar-refractivity contribution in [3.63, 3.8) is 0 Å². The van der Waals surface area contributed by atoms with E-state index in [-0.39, 0.29) is 5.82 Å². The van der Waals surface area contributed by atoms with E-state index in [0.717, 1.165) is 17.6 Å². The summed E-state index contributed by atoms with van der Waals surface area (Å²) in [6.07, 6.45) is 2.72. The minimum Gasteiger partial charge on any atom is -0.436 e. The molecule has 0 saturated carbocycles. The minimum atomic E-state index is -0.323. The molecule has 0 amide bonds. The van der Waals surface area contributed by atoms with Crippen molar-refractivity contribution < 1.29 is 13.9 Å². The van der Waals surface area contributed by atoms with Crippen molar-refractivity contribution in [1.29, 1.82) is 0 Å². The van der Waals surface area contributed by atoms with Gasteiger partial charge in [0.25, 0.3) is 6.47 Å². The van der Waals surface area contributed by atoms with Gasteiger partial charge >= 0.3 is 0 Å². The van der Waals surface area contributed by atoms with Crippen molar-refractivity contribution in [1.82, 2.24) is 0 Å². The van der Waals surface area contributed by atoms with Gasteiger partial charge in [-0.3, -0.25) is 4.79 Å². The molecule has 0 N–H and O–H groups in total. The standard InChI is InChI=1S/C17H14ClFO2/c18-16-8-5-13(6-9-16)4-7-15(11-21-12-20)14-2-1-3-17(19)10-14/h1-3,5-6,8-12H,4,7H2. The summed E-state index contributed by atoms with van der Waals surface area (Å²) in [5.41, 5.74) is 2.56. The van der Waals surface area contributed by atoms with Crippen LogP contribution in [0.15, 0.2) is 54.8 Å². The maximum atomic E-state index is 13.3. The highest BCUT2D eigenvalue weighted by Gasteiger charge is 2.05. The number of ether oxygens (including phenoxy) is 1. The normalized spacial score (nSPS) is 11.2. The van der Waals surface area contributed by atoms with Crippen LogP contribution >= 0.6 is 11.6 Å². The van der Waals surface area contributed by atoms with Crippen LogP contribution in [0.4, 0.5) is 4.39 Å². The predicted octanol–water partition coefficient (Wildman–Crippen LogP) is 4.63. The fraction of sp³-hybridized carbons (Fsp3) is 0.118. The zero-order valence-electron chi connectivity index (χ0n) is 11.3. The summed E-state index contributed by atoms with van der Waals surface area (Å²) in [4.78, 5) is 10.4. The highest BCUT2D eigenvalue weighted by molar-refractivity contribution is 6.30. The highest BCUT2D eigenvalue weighted by Crippen LogP contribution is 2.22. The molecule has 108 valence electrons. The van der Waals surface area contributed by atoms with Crippen LogP contribution in [0.2, 0.25) is 5.02 Å². The second-order valence-corrected chi connectivity index (χ2v) is 4.95. The number of hydrogen-bond acceptors (Lipinski definition) is 2. The van der Waals surface area contributed by atoms with E-state index in [1.165, 1.54) is 18.4 Å². The summed E-state index contributed by atoms with van der Waals surface area (Å²) in [5.74, 6) is -0.323. The third-order valence-corrected chi connectivity index (χ3v) is 3.31. The molecule has 0 radical (unpaired) electrons. The van der Waals surface area contributed by atoms with Crippen LogP contribution in [-0.4, -0.2) is 6.47 Å². The van der Waals surface area contributed by atoms with E-state index in [1.54, 1.807) is 12.1 Å². The molecule has 2 aromatic rings. The lowest BCUT2D eigenvalue weighted by atomic mass is 9.99. The van der Waals surface area contributed by atoms with Crippen molar-refractivity contribution in [3.05, 3.63) is 76.8 Å². The van der Waals surface area contributed by atoms with Crippen LogP contribution in [0.3, 0.4) is 0 Å². The first-order chi connectivity index (χ1) is 10.2. The van der Waals surface area contributed by atoms with E-state index < -0.39 is 0 Å². The molecule has 0 atom stereocenters. The molecular formula is C17H14ClFO2. The van der Waals surface area contributed by atoms with Crippen LogP contribution < -0.4 is 0 Å². The molecule has 0 aliphatic heterocycles. The molecule has 0 unspecified atom stereocenters. The van der Waals surface area contributed by atoms with Gasteiger partial charge in [-0.1, -0.05) is 35.9 Å². The Labute approximate surface area is 127 Å². The Kier molecular flexibility index (Phi) is 5.52. The third-order valence-electron chi connectivity index (χ3n) is 3.06. The molecule has 2 nitrogen and oxygen atoms in total. The Balaban J connectivity index is 2.13. The molecule has 21 heavy (non-hydrogen) atoms. The molecule has 0 aliphatic rings. The van der Waals surface area contributed by atoms with Crippen LogP contribution in [0, 0.1) is 5.82 Å². The van der Waals surface area contributed by atoms with Gasteiger partial charge in [-0.2, -0.15) is 0 Å². The maximum absolute atomic E-state index is 13.3. The van der Waals surface area contributed by atoms with E-state index in [2.05, 4.69) is 0 Å². The van der Waals surface area contributed by atoms with Crippen LogP contribution in [0.1, 0.15) is 17.5 Å². The van der Waals surface area contributed by atoms with Gasteiger partial charge in [-0.15, -0.1) is 0 Å². The first-order valence-electron chi connectivity index (χ1n) is 6.47. The maximum Gasteiger partial charge on any atom is 0.297 e.